The molecular weight excluding hydrogens is 299 g/mol. The Morgan fingerprint density at radius 1 is 1.20 bits per heavy atom. The maximum atomic E-state index is 12.0. The van der Waals surface area contributed by atoms with Crippen LogP contribution in [0.25, 0.3) is 0 Å². The fraction of sp³-hybridized carbons (Fsp3) is 0.385. The SMILES string of the molecule is NC(=Nc1c(Cl)cccc1Cl)NC(=O)N1CCCCC1. The van der Waals surface area contributed by atoms with E-state index in [0.717, 1.165) is 32.4 Å². The van der Waals surface area contributed by atoms with Gasteiger partial charge in [-0.25, -0.2) is 9.79 Å². The molecule has 5 nitrogen and oxygen atoms in total. The molecule has 0 spiro atoms. The van der Waals surface area contributed by atoms with Gasteiger partial charge in [0.25, 0.3) is 0 Å². The van der Waals surface area contributed by atoms with Gasteiger partial charge in [0.1, 0.15) is 5.69 Å². The molecular formula is C13H16Cl2N4O. The minimum atomic E-state index is -0.242. The maximum absolute atomic E-state index is 12.0. The molecule has 2 amide bonds. The average Bonchev–Trinajstić information content (AvgIpc) is 2.44. The normalized spacial score (nSPS) is 16.1. The monoisotopic (exact) mass is 314 g/mol. The summed E-state index contributed by atoms with van der Waals surface area (Å²) in [7, 11) is 0. The Morgan fingerprint density at radius 3 is 2.40 bits per heavy atom. The summed E-state index contributed by atoms with van der Waals surface area (Å²) in [6, 6.07) is 4.79. The molecule has 1 fully saturated rings. The van der Waals surface area contributed by atoms with Crippen molar-refractivity contribution in [2.75, 3.05) is 13.1 Å². The molecule has 1 aliphatic heterocycles. The van der Waals surface area contributed by atoms with Gasteiger partial charge in [0.15, 0.2) is 0 Å². The van der Waals surface area contributed by atoms with E-state index in [2.05, 4.69) is 10.3 Å². The lowest BCUT2D eigenvalue weighted by molar-refractivity contribution is 0.191. The molecule has 0 atom stereocenters. The number of halogens is 2. The van der Waals surface area contributed by atoms with Crippen molar-refractivity contribution < 1.29 is 4.79 Å². The number of nitrogens with zero attached hydrogens (tertiary/aromatic N) is 2. The van der Waals surface area contributed by atoms with Crippen molar-refractivity contribution in [3.05, 3.63) is 28.2 Å². The summed E-state index contributed by atoms with van der Waals surface area (Å²) in [5, 5.41) is 3.31. The van der Waals surface area contributed by atoms with Crippen LogP contribution in [0.4, 0.5) is 10.5 Å². The molecule has 0 radical (unpaired) electrons. The van der Waals surface area contributed by atoms with Gasteiger partial charge in [-0.05, 0) is 31.4 Å². The van der Waals surface area contributed by atoms with Gasteiger partial charge in [0.05, 0.1) is 10.0 Å². The molecule has 108 valence electrons. The number of guanidine groups is 1. The Labute approximate surface area is 127 Å². The summed E-state index contributed by atoms with van der Waals surface area (Å²) in [5.41, 5.74) is 6.08. The number of carbonyl (C=O) groups excluding carboxylic acids is 1. The smallest absolute Gasteiger partial charge is 0.324 e. The first-order valence-electron chi connectivity index (χ1n) is 6.42. The summed E-state index contributed by atoms with van der Waals surface area (Å²) in [4.78, 5) is 17.7. The average molecular weight is 315 g/mol. The zero-order valence-electron chi connectivity index (χ0n) is 10.9. The number of carbonyl (C=O) groups is 1. The molecule has 1 saturated heterocycles. The fourth-order valence-corrected chi connectivity index (χ4v) is 2.51. The molecule has 2 rings (SSSR count). The number of para-hydroxylation sites is 1. The Bertz CT molecular complexity index is 507. The van der Waals surface area contributed by atoms with E-state index in [1.54, 1.807) is 23.1 Å². The molecule has 0 aromatic heterocycles. The summed E-state index contributed by atoms with van der Waals surface area (Å²) in [5.74, 6) is -0.0180. The molecule has 0 bridgehead atoms. The summed E-state index contributed by atoms with van der Waals surface area (Å²) in [6.45, 7) is 1.48. The number of nitrogens with one attached hydrogen (secondary N) is 1. The van der Waals surface area contributed by atoms with E-state index in [0.29, 0.717) is 15.7 Å². The highest BCUT2D eigenvalue weighted by Gasteiger charge is 2.17. The number of amides is 2. The van der Waals surface area contributed by atoms with E-state index in [9.17, 15) is 4.79 Å². The van der Waals surface area contributed by atoms with E-state index < -0.39 is 0 Å². The van der Waals surface area contributed by atoms with Crippen molar-refractivity contribution in [1.82, 2.24) is 10.2 Å². The molecule has 1 heterocycles. The van der Waals surface area contributed by atoms with Crippen LogP contribution >= 0.6 is 23.2 Å². The number of hydrogen-bond acceptors (Lipinski definition) is 2. The van der Waals surface area contributed by atoms with Crippen LogP contribution in [0, 0.1) is 0 Å². The lowest BCUT2D eigenvalue weighted by atomic mass is 10.1. The van der Waals surface area contributed by atoms with Crippen molar-refractivity contribution in [3.8, 4) is 0 Å². The molecule has 1 aliphatic rings. The van der Waals surface area contributed by atoms with Crippen LogP contribution in [-0.4, -0.2) is 30.0 Å². The largest absolute Gasteiger partial charge is 0.369 e. The van der Waals surface area contributed by atoms with Crippen molar-refractivity contribution in [2.24, 2.45) is 10.7 Å². The number of benzene rings is 1. The number of nitrogens with two attached hydrogens (primary N) is 1. The van der Waals surface area contributed by atoms with E-state index in [1.165, 1.54) is 0 Å². The van der Waals surface area contributed by atoms with Gasteiger partial charge in [-0.15, -0.1) is 0 Å². The standard InChI is InChI=1S/C13H16Cl2N4O/c14-9-5-4-6-10(15)11(9)17-12(16)18-13(20)19-7-2-1-3-8-19/h4-6H,1-3,7-8H2,(H3,16,17,18,20). The second kappa shape index (κ2) is 6.81. The van der Waals surface area contributed by atoms with Crippen LogP contribution in [0.15, 0.2) is 23.2 Å². The Morgan fingerprint density at radius 2 is 1.80 bits per heavy atom. The summed E-state index contributed by atoms with van der Waals surface area (Å²) < 4.78 is 0. The van der Waals surface area contributed by atoms with Crippen molar-refractivity contribution in [3.63, 3.8) is 0 Å². The highest BCUT2D eigenvalue weighted by Crippen LogP contribution is 2.32. The lowest BCUT2D eigenvalue weighted by Crippen LogP contribution is -2.47. The third-order valence-corrected chi connectivity index (χ3v) is 3.66. The zero-order chi connectivity index (χ0) is 14.5. The third kappa shape index (κ3) is 3.77. The van der Waals surface area contributed by atoms with Gasteiger partial charge >= 0.3 is 6.03 Å². The lowest BCUT2D eigenvalue weighted by Gasteiger charge is -2.26. The first kappa shape index (κ1) is 14.9. The van der Waals surface area contributed by atoms with Gasteiger partial charge in [-0.2, -0.15) is 0 Å². The quantitative estimate of drug-likeness (QED) is 0.617. The van der Waals surface area contributed by atoms with E-state index >= 15 is 0 Å². The number of urea groups is 1. The van der Waals surface area contributed by atoms with Gasteiger partial charge in [-0.1, -0.05) is 29.3 Å². The Hall–Kier alpha value is -1.46. The second-order valence-corrected chi connectivity index (χ2v) is 5.36. The molecule has 20 heavy (non-hydrogen) atoms. The topological polar surface area (TPSA) is 70.7 Å². The highest BCUT2D eigenvalue weighted by molar-refractivity contribution is 6.38. The molecule has 1 aromatic carbocycles. The fourth-order valence-electron chi connectivity index (χ4n) is 2.03. The van der Waals surface area contributed by atoms with Crippen LogP contribution in [0.3, 0.4) is 0 Å². The minimum absolute atomic E-state index is 0.0180. The van der Waals surface area contributed by atoms with E-state index in [1.807, 2.05) is 0 Å². The van der Waals surface area contributed by atoms with Gasteiger partial charge in [0, 0.05) is 13.1 Å². The van der Waals surface area contributed by atoms with Crippen molar-refractivity contribution in [2.45, 2.75) is 19.3 Å². The Kier molecular flexibility index (Phi) is 5.09. The van der Waals surface area contributed by atoms with Crippen LogP contribution in [0.1, 0.15) is 19.3 Å². The van der Waals surface area contributed by atoms with Crippen LogP contribution in [0.5, 0.6) is 0 Å². The molecule has 0 unspecified atom stereocenters. The van der Waals surface area contributed by atoms with Gasteiger partial charge < -0.3 is 10.6 Å². The first-order chi connectivity index (χ1) is 9.58. The Balaban J connectivity index is 2.05. The number of hydrogen-bond donors (Lipinski definition) is 2. The minimum Gasteiger partial charge on any atom is -0.369 e. The van der Waals surface area contributed by atoms with Crippen LogP contribution < -0.4 is 11.1 Å². The molecule has 3 N–H and O–H groups in total. The van der Waals surface area contributed by atoms with Gasteiger partial charge in [-0.3, -0.25) is 5.32 Å². The molecule has 0 saturated carbocycles. The van der Waals surface area contributed by atoms with Crippen LogP contribution in [0.2, 0.25) is 10.0 Å². The molecule has 0 aliphatic carbocycles. The summed E-state index contributed by atoms with van der Waals surface area (Å²) in [6.07, 6.45) is 3.18. The van der Waals surface area contributed by atoms with Crippen LogP contribution in [-0.2, 0) is 0 Å². The number of aliphatic imine (C=N–C) groups is 1. The first-order valence-corrected chi connectivity index (χ1v) is 7.17. The number of rotatable bonds is 1. The zero-order valence-corrected chi connectivity index (χ0v) is 12.4. The number of piperidine rings is 1. The van der Waals surface area contributed by atoms with E-state index in [4.69, 9.17) is 28.9 Å². The van der Waals surface area contributed by atoms with Gasteiger partial charge in [0.2, 0.25) is 5.96 Å². The van der Waals surface area contributed by atoms with Crippen molar-refractivity contribution >= 4 is 40.9 Å². The molecule has 1 aromatic rings. The van der Waals surface area contributed by atoms with Crippen molar-refractivity contribution in [1.29, 1.82) is 0 Å². The predicted molar refractivity (Wildman–Crippen MR) is 81.7 cm³/mol. The number of likely N-dealkylation sites (tertiary alicyclic amines) is 1. The molecule has 7 heteroatoms. The predicted octanol–water partition coefficient (Wildman–Crippen LogP) is 3.14. The summed E-state index contributed by atoms with van der Waals surface area (Å²) >= 11 is 12.0. The highest BCUT2D eigenvalue weighted by atomic mass is 35.5. The van der Waals surface area contributed by atoms with E-state index in [-0.39, 0.29) is 12.0 Å². The third-order valence-electron chi connectivity index (χ3n) is 3.05. The maximum Gasteiger partial charge on any atom is 0.324 e. The second-order valence-electron chi connectivity index (χ2n) is 4.55.